The molecule has 0 atom stereocenters. The molecule has 1 N–H and O–H groups in total. The lowest BCUT2D eigenvalue weighted by atomic mass is 10.1. The summed E-state index contributed by atoms with van der Waals surface area (Å²) in [7, 11) is 0. The summed E-state index contributed by atoms with van der Waals surface area (Å²) in [5.74, 6) is 1.19. The molecule has 0 radical (unpaired) electrons. The van der Waals surface area contributed by atoms with Gasteiger partial charge in [0.05, 0.1) is 25.8 Å². The molecule has 1 amide bonds. The van der Waals surface area contributed by atoms with Gasteiger partial charge in [-0.05, 0) is 67.1 Å². The van der Waals surface area contributed by atoms with Gasteiger partial charge in [0.25, 0.3) is 0 Å². The standard InChI is InChI=1S/C23H29ClN2O3S/c1-4-6-7-12-29-20-10-8-17(13-21(20)28-5-2)16-25-26-23(27)15-18-14-19(24)9-11-22(18)30-3/h8-11,13-14,16H,4-7,12,15H2,1-3H3,(H,26,27)/b25-16-. The first-order valence-corrected chi connectivity index (χ1v) is 11.7. The number of rotatable bonds is 12. The minimum atomic E-state index is -0.204. The van der Waals surface area contributed by atoms with Crippen molar-refractivity contribution in [2.45, 2.75) is 44.4 Å². The third-order valence-electron chi connectivity index (χ3n) is 4.27. The van der Waals surface area contributed by atoms with Crippen LogP contribution in [-0.2, 0) is 11.2 Å². The van der Waals surface area contributed by atoms with E-state index in [4.69, 9.17) is 21.1 Å². The van der Waals surface area contributed by atoms with Crippen LogP contribution in [0.5, 0.6) is 11.5 Å². The summed E-state index contributed by atoms with van der Waals surface area (Å²) in [6, 6.07) is 11.2. The van der Waals surface area contributed by atoms with Crippen molar-refractivity contribution in [1.82, 2.24) is 5.43 Å². The molecule has 0 fully saturated rings. The highest BCUT2D eigenvalue weighted by molar-refractivity contribution is 7.98. The highest BCUT2D eigenvalue weighted by Gasteiger charge is 2.09. The molecule has 2 rings (SSSR count). The first-order valence-electron chi connectivity index (χ1n) is 10.1. The van der Waals surface area contributed by atoms with Crippen molar-refractivity contribution >= 4 is 35.5 Å². The zero-order valence-corrected chi connectivity index (χ0v) is 19.3. The number of benzene rings is 2. The van der Waals surface area contributed by atoms with E-state index in [0.717, 1.165) is 41.0 Å². The lowest BCUT2D eigenvalue weighted by Crippen LogP contribution is -2.20. The summed E-state index contributed by atoms with van der Waals surface area (Å²) in [5, 5.41) is 4.68. The molecule has 30 heavy (non-hydrogen) atoms. The fourth-order valence-electron chi connectivity index (χ4n) is 2.80. The molecule has 7 heteroatoms. The largest absolute Gasteiger partial charge is 0.490 e. The van der Waals surface area contributed by atoms with Gasteiger partial charge in [-0.1, -0.05) is 31.4 Å². The highest BCUT2D eigenvalue weighted by atomic mass is 35.5. The number of unbranched alkanes of at least 4 members (excludes halogenated alkanes) is 2. The van der Waals surface area contributed by atoms with E-state index >= 15 is 0 Å². The molecule has 2 aromatic rings. The monoisotopic (exact) mass is 448 g/mol. The Bertz CT molecular complexity index is 858. The zero-order valence-electron chi connectivity index (χ0n) is 17.7. The van der Waals surface area contributed by atoms with E-state index in [9.17, 15) is 4.79 Å². The molecule has 0 unspecified atom stereocenters. The minimum absolute atomic E-state index is 0.204. The Kier molecular flexibility index (Phi) is 10.6. The number of halogens is 1. The number of carbonyl (C=O) groups is 1. The van der Waals surface area contributed by atoms with Crippen LogP contribution >= 0.6 is 23.4 Å². The Hall–Kier alpha value is -2.18. The summed E-state index contributed by atoms with van der Waals surface area (Å²) >= 11 is 7.63. The Balaban J connectivity index is 1.97. The van der Waals surface area contributed by atoms with E-state index in [1.54, 1.807) is 18.0 Å². The van der Waals surface area contributed by atoms with Gasteiger partial charge < -0.3 is 9.47 Å². The maximum atomic E-state index is 12.3. The first-order chi connectivity index (χ1) is 14.6. The molecule has 0 saturated carbocycles. The fraction of sp³-hybridized carbons (Fsp3) is 0.391. The summed E-state index contributed by atoms with van der Waals surface area (Å²) in [6.45, 7) is 5.30. The molecule has 0 aromatic heterocycles. The van der Waals surface area contributed by atoms with Crippen molar-refractivity contribution in [3.8, 4) is 11.5 Å². The van der Waals surface area contributed by atoms with E-state index in [0.29, 0.717) is 24.0 Å². The van der Waals surface area contributed by atoms with Gasteiger partial charge in [-0.2, -0.15) is 5.10 Å². The average molecular weight is 449 g/mol. The van der Waals surface area contributed by atoms with Crippen LogP contribution in [-0.4, -0.2) is 31.6 Å². The first kappa shape index (κ1) is 24.1. The molecule has 0 saturated heterocycles. The van der Waals surface area contributed by atoms with E-state index in [1.165, 1.54) is 0 Å². The van der Waals surface area contributed by atoms with Crippen LogP contribution in [0, 0.1) is 0 Å². The van der Waals surface area contributed by atoms with Gasteiger partial charge >= 0.3 is 0 Å². The smallest absolute Gasteiger partial charge is 0.244 e. The van der Waals surface area contributed by atoms with Crippen LogP contribution in [0.4, 0.5) is 0 Å². The molecule has 5 nitrogen and oxygen atoms in total. The molecular weight excluding hydrogens is 420 g/mol. The number of thioether (sulfide) groups is 1. The van der Waals surface area contributed by atoms with Gasteiger partial charge in [0.2, 0.25) is 5.91 Å². The second-order valence-electron chi connectivity index (χ2n) is 6.62. The van der Waals surface area contributed by atoms with Crippen molar-refractivity contribution in [2.24, 2.45) is 5.10 Å². The minimum Gasteiger partial charge on any atom is -0.490 e. The predicted molar refractivity (Wildman–Crippen MR) is 125 cm³/mol. The van der Waals surface area contributed by atoms with Crippen LogP contribution < -0.4 is 14.9 Å². The van der Waals surface area contributed by atoms with E-state index < -0.39 is 0 Å². The number of nitrogens with zero attached hydrogens (tertiary/aromatic N) is 1. The van der Waals surface area contributed by atoms with Gasteiger partial charge in [-0.3, -0.25) is 4.79 Å². The number of carbonyl (C=O) groups excluding carboxylic acids is 1. The van der Waals surface area contributed by atoms with E-state index in [2.05, 4.69) is 17.5 Å². The van der Waals surface area contributed by atoms with Crippen LogP contribution in [0.3, 0.4) is 0 Å². The molecule has 0 bridgehead atoms. The van der Waals surface area contributed by atoms with Gasteiger partial charge in [-0.25, -0.2) is 5.43 Å². The summed E-state index contributed by atoms with van der Waals surface area (Å²) in [5.41, 5.74) is 4.26. The third-order valence-corrected chi connectivity index (χ3v) is 5.34. The summed E-state index contributed by atoms with van der Waals surface area (Å²) in [4.78, 5) is 13.3. The van der Waals surface area contributed by atoms with Gasteiger partial charge in [0.15, 0.2) is 11.5 Å². The topological polar surface area (TPSA) is 59.9 Å². The van der Waals surface area contributed by atoms with Crippen molar-refractivity contribution in [3.63, 3.8) is 0 Å². The number of hydrogen-bond donors (Lipinski definition) is 1. The van der Waals surface area contributed by atoms with Crippen LogP contribution in [0.1, 0.15) is 44.2 Å². The van der Waals surface area contributed by atoms with Crippen molar-refractivity contribution in [2.75, 3.05) is 19.5 Å². The summed E-state index contributed by atoms with van der Waals surface area (Å²) in [6.07, 6.45) is 7.08. The van der Waals surface area contributed by atoms with Crippen molar-refractivity contribution in [1.29, 1.82) is 0 Å². The molecule has 162 valence electrons. The average Bonchev–Trinajstić information content (AvgIpc) is 2.73. The van der Waals surface area contributed by atoms with Crippen LogP contribution in [0.2, 0.25) is 5.02 Å². The SMILES string of the molecule is CCCCCOc1ccc(/C=N\NC(=O)Cc2cc(Cl)ccc2SC)cc1OCC. The number of hydrazone groups is 1. The molecule has 0 aliphatic rings. The quantitative estimate of drug-likeness (QED) is 0.195. The second kappa shape index (κ2) is 13.2. The van der Waals surface area contributed by atoms with Gasteiger partial charge in [0, 0.05) is 9.92 Å². The van der Waals surface area contributed by atoms with Gasteiger partial charge in [-0.15, -0.1) is 11.8 Å². The van der Waals surface area contributed by atoms with Crippen LogP contribution in [0.25, 0.3) is 0 Å². The lowest BCUT2D eigenvalue weighted by Gasteiger charge is -2.12. The van der Waals surface area contributed by atoms with Crippen molar-refractivity contribution in [3.05, 3.63) is 52.5 Å². The number of hydrogen-bond acceptors (Lipinski definition) is 5. The normalized spacial score (nSPS) is 10.9. The predicted octanol–water partition coefficient (Wildman–Crippen LogP) is 5.72. The van der Waals surface area contributed by atoms with Crippen LogP contribution in [0.15, 0.2) is 46.4 Å². The second-order valence-corrected chi connectivity index (χ2v) is 7.91. The van der Waals surface area contributed by atoms with Crippen molar-refractivity contribution < 1.29 is 14.3 Å². The Labute approximate surface area is 188 Å². The molecule has 0 aliphatic heterocycles. The zero-order chi connectivity index (χ0) is 21.8. The Morgan fingerprint density at radius 2 is 1.97 bits per heavy atom. The van der Waals surface area contributed by atoms with E-state index in [1.807, 2.05) is 49.6 Å². The van der Waals surface area contributed by atoms with Gasteiger partial charge in [0.1, 0.15) is 0 Å². The molecule has 2 aromatic carbocycles. The van der Waals surface area contributed by atoms with E-state index in [-0.39, 0.29) is 12.3 Å². The molecule has 0 spiro atoms. The lowest BCUT2D eigenvalue weighted by molar-refractivity contribution is -0.120. The number of ether oxygens (including phenoxy) is 2. The number of amides is 1. The molecule has 0 aliphatic carbocycles. The Morgan fingerprint density at radius 1 is 1.13 bits per heavy atom. The third kappa shape index (κ3) is 7.92. The highest BCUT2D eigenvalue weighted by Crippen LogP contribution is 2.28. The fourth-order valence-corrected chi connectivity index (χ4v) is 3.60. The molecule has 0 heterocycles. The maximum Gasteiger partial charge on any atom is 0.244 e. The maximum absolute atomic E-state index is 12.3. The summed E-state index contributed by atoms with van der Waals surface area (Å²) < 4.78 is 11.5. The Morgan fingerprint density at radius 3 is 2.70 bits per heavy atom. The number of nitrogens with one attached hydrogen (secondary N) is 1. The molecular formula is C23H29ClN2O3S.